The summed E-state index contributed by atoms with van der Waals surface area (Å²) in [5, 5.41) is 5.70. The quantitative estimate of drug-likeness (QED) is 0.303. The lowest BCUT2D eigenvalue weighted by Gasteiger charge is -2.12. The van der Waals surface area contributed by atoms with Crippen molar-refractivity contribution < 1.29 is 19.1 Å². The predicted octanol–water partition coefficient (Wildman–Crippen LogP) is 5.37. The molecule has 3 rings (SSSR count). The Morgan fingerprint density at radius 3 is 2.33 bits per heavy atom. The Labute approximate surface area is 206 Å². The monoisotopic (exact) mass is 526 g/mol. The number of rotatable bonds is 8. The van der Waals surface area contributed by atoms with Gasteiger partial charge in [0.2, 0.25) is 0 Å². The van der Waals surface area contributed by atoms with E-state index in [4.69, 9.17) is 21.7 Å². The fraction of sp³-hybridized carbons (Fsp3) is 0.160. The predicted molar refractivity (Wildman–Crippen MR) is 136 cm³/mol. The van der Waals surface area contributed by atoms with E-state index in [2.05, 4.69) is 38.7 Å². The molecular weight excluding hydrogens is 504 g/mol. The zero-order valence-corrected chi connectivity index (χ0v) is 20.4. The first-order valence-electron chi connectivity index (χ1n) is 10.3. The second-order valence-corrected chi connectivity index (χ2v) is 8.20. The molecule has 0 unspecified atom stereocenters. The number of carbonyl (C=O) groups is 2. The lowest BCUT2D eigenvalue weighted by molar-refractivity contribution is 0.0526. The minimum atomic E-state index is -0.391. The van der Waals surface area contributed by atoms with Crippen LogP contribution in [0.3, 0.4) is 0 Å². The molecule has 0 aromatic heterocycles. The molecule has 2 N–H and O–H groups in total. The smallest absolute Gasteiger partial charge is 0.338 e. The minimum Gasteiger partial charge on any atom is -0.492 e. The Hall–Kier alpha value is -3.23. The van der Waals surface area contributed by atoms with Gasteiger partial charge in [0.15, 0.2) is 5.11 Å². The van der Waals surface area contributed by atoms with Gasteiger partial charge in [-0.2, -0.15) is 0 Å². The first kappa shape index (κ1) is 24.4. The molecule has 0 saturated carbocycles. The van der Waals surface area contributed by atoms with Crippen molar-refractivity contribution in [1.82, 2.24) is 5.32 Å². The number of benzene rings is 3. The van der Waals surface area contributed by atoms with Crippen molar-refractivity contribution >= 4 is 50.8 Å². The SMILES string of the molecule is CCOC(=O)c1ccc(NC(=S)NC(=O)c2ccc(OCCc3ccccc3)c(Br)c2)cc1. The number of anilines is 1. The minimum absolute atomic E-state index is 0.142. The highest BCUT2D eigenvalue weighted by Crippen LogP contribution is 2.26. The summed E-state index contributed by atoms with van der Waals surface area (Å²) < 4.78 is 11.5. The number of esters is 1. The Balaban J connectivity index is 1.51. The molecule has 0 aliphatic heterocycles. The molecule has 3 aromatic carbocycles. The highest BCUT2D eigenvalue weighted by Gasteiger charge is 2.12. The van der Waals surface area contributed by atoms with Gasteiger partial charge in [-0.1, -0.05) is 30.3 Å². The molecule has 0 aliphatic carbocycles. The molecule has 0 saturated heterocycles. The van der Waals surface area contributed by atoms with Crippen LogP contribution in [0.2, 0.25) is 0 Å². The van der Waals surface area contributed by atoms with E-state index < -0.39 is 5.97 Å². The third-order valence-electron chi connectivity index (χ3n) is 4.57. The number of ether oxygens (including phenoxy) is 2. The largest absolute Gasteiger partial charge is 0.492 e. The van der Waals surface area contributed by atoms with E-state index in [0.29, 0.717) is 40.3 Å². The van der Waals surface area contributed by atoms with Gasteiger partial charge in [0.05, 0.1) is 23.2 Å². The van der Waals surface area contributed by atoms with Gasteiger partial charge in [0.25, 0.3) is 5.91 Å². The summed E-state index contributed by atoms with van der Waals surface area (Å²) in [5.41, 5.74) is 2.70. The second kappa shape index (κ2) is 12.1. The lowest BCUT2D eigenvalue weighted by Crippen LogP contribution is -2.34. The summed E-state index contributed by atoms with van der Waals surface area (Å²) in [4.78, 5) is 24.3. The van der Waals surface area contributed by atoms with Crippen molar-refractivity contribution in [2.75, 3.05) is 18.5 Å². The van der Waals surface area contributed by atoms with E-state index in [0.717, 1.165) is 6.42 Å². The summed E-state index contributed by atoms with van der Waals surface area (Å²) in [7, 11) is 0. The number of nitrogens with one attached hydrogen (secondary N) is 2. The molecule has 3 aromatic rings. The maximum atomic E-state index is 12.6. The summed E-state index contributed by atoms with van der Waals surface area (Å²) in [5.74, 6) is -0.0879. The van der Waals surface area contributed by atoms with E-state index in [1.165, 1.54) is 5.56 Å². The van der Waals surface area contributed by atoms with Gasteiger partial charge in [-0.05, 0) is 83.1 Å². The van der Waals surface area contributed by atoms with Gasteiger partial charge in [0, 0.05) is 17.7 Å². The maximum absolute atomic E-state index is 12.6. The molecule has 8 heteroatoms. The van der Waals surface area contributed by atoms with Crippen LogP contribution in [0.4, 0.5) is 5.69 Å². The molecule has 0 aliphatic rings. The summed E-state index contributed by atoms with van der Waals surface area (Å²) in [6.45, 7) is 2.59. The van der Waals surface area contributed by atoms with Crippen LogP contribution in [0, 0.1) is 0 Å². The van der Waals surface area contributed by atoms with Crippen molar-refractivity contribution in [2.45, 2.75) is 13.3 Å². The molecule has 0 atom stereocenters. The molecule has 0 bridgehead atoms. The van der Waals surface area contributed by atoms with Crippen LogP contribution in [-0.2, 0) is 11.2 Å². The molecule has 6 nitrogen and oxygen atoms in total. The molecule has 170 valence electrons. The van der Waals surface area contributed by atoms with Crippen LogP contribution in [0.1, 0.15) is 33.2 Å². The van der Waals surface area contributed by atoms with Gasteiger partial charge in [0.1, 0.15) is 5.75 Å². The van der Waals surface area contributed by atoms with Gasteiger partial charge >= 0.3 is 5.97 Å². The zero-order chi connectivity index (χ0) is 23.6. The van der Waals surface area contributed by atoms with Crippen molar-refractivity contribution in [2.24, 2.45) is 0 Å². The van der Waals surface area contributed by atoms with E-state index in [-0.39, 0.29) is 11.0 Å². The lowest BCUT2D eigenvalue weighted by atomic mass is 10.2. The van der Waals surface area contributed by atoms with Crippen LogP contribution in [0.5, 0.6) is 5.75 Å². The summed E-state index contributed by atoms with van der Waals surface area (Å²) in [6.07, 6.45) is 0.788. The Kier molecular flexibility index (Phi) is 8.97. The van der Waals surface area contributed by atoms with Gasteiger partial charge < -0.3 is 14.8 Å². The highest BCUT2D eigenvalue weighted by atomic mass is 79.9. The van der Waals surface area contributed by atoms with Crippen LogP contribution in [-0.4, -0.2) is 30.2 Å². The molecule has 0 radical (unpaired) electrons. The fourth-order valence-electron chi connectivity index (χ4n) is 2.92. The Bertz CT molecular complexity index is 1120. The van der Waals surface area contributed by atoms with Crippen molar-refractivity contribution in [3.8, 4) is 5.75 Å². The number of hydrogen-bond donors (Lipinski definition) is 2. The normalized spacial score (nSPS) is 10.2. The first-order valence-corrected chi connectivity index (χ1v) is 11.5. The number of amides is 1. The van der Waals surface area contributed by atoms with E-state index in [9.17, 15) is 9.59 Å². The topological polar surface area (TPSA) is 76.7 Å². The van der Waals surface area contributed by atoms with Gasteiger partial charge in [-0.25, -0.2) is 4.79 Å². The third kappa shape index (κ3) is 7.40. The van der Waals surface area contributed by atoms with Crippen molar-refractivity contribution in [3.63, 3.8) is 0 Å². The average Bonchev–Trinajstić information content (AvgIpc) is 2.81. The van der Waals surface area contributed by atoms with Crippen LogP contribution in [0.25, 0.3) is 0 Å². The maximum Gasteiger partial charge on any atom is 0.338 e. The van der Waals surface area contributed by atoms with Crippen LogP contribution < -0.4 is 15.4 Å². The van der Waals surface area contributed by atoms with Crippen LogP contribution >= 0.6 is 28.1 Å². The molecule has 0 spiro atoms. The van der Waals surface area contributed by atoms with Crippen molar-refractivity contribution in [3.05, 3.63) is 94.0 Å². The standard InChI is InChI=1S/C25H23BrN2O4S/c1-2-31-24(30)18-8-11-20(12-9-18)27-25(33)28-23(29)19-10-13-22(21(26)16-19)32-15-14-17-6-4-3-5-7-17/h3-13,16H,2,14-15H2,1H3,(H2,27,28,29,33). The second-order valence-electron chi connectivity index (χ2n) is 6.94. The summed E-state index contributed by atoms with van der Waals surface area (Å²) >= 11 is 8.69. The summed E-state index contributed by atoms with van der Waals surface area (Å²) in [6, 6.07) is 21.8. The molecule has 0 heterocycles. The molecule has 33 heavy (non-hydrogen) atoms. The Morgan fingerprint density at radius 2 is 1.67 bits per heavy atom. The number of thiocarbonyl (C=S) groups is 1. The number of halogens is 1. The number of hydrogen-bond acceptors (Lipinski definition) is 5. The van der Waals surface area contributed by atoms with Gasteiger partial charge in [-0.3, -0.25) is 10.1 Å². The third-order valence-corrected chi connectivity index (χ3v) is 5.39. The van der Waals surface area contributed by atoms with E-state index >= 15 is 0 Å². The molecular formula is C25H23BrN2O4S. The van der Waals surface area contributed by atoms with Crippen molar-refractivity contribution in [1.29, 1.82) is 0 Å². The van der Waals surface area contributed by atoms with Gasteiger partial charge in [-0.15, -0.1) is 0 Å². The molecule has 0 fully saturated rings. The van der Waals surface area contributed by atoms with E-state index in [1.54, 1.807) is 49.4 Å². The zero-order valence-electron chi connectivity index (χ0n) is 18.0. The first-order chi connectivity index (χ1) is 16.0. The Morgan fingerprint density at radius 1 is 0.970 bits per heavy atom. The van der Waals surface area contributed by atoms with Crippen LogP contribution in [0.15, 0.2) is 77.3 Å². The average molecular weight is 527 g/mol. The number of carbonyl (C=O) groups excluding carboxylic acids is 2. The molecule has 1 amide bonds. The fourth-order valence-corrected chi connectivity index (χ4v) is 3.63. The highest BCUT2D eigenvalue weighted by molar-refractivity contribution is 9.10. The van der Waals surface area contributed by atoms with E-state index in [1.807, 2.05) is 18.2 Å².